The van der Waals surface area contributed by atoms with E-state index in [4.69, 9.17) is 0 Å². The van der Waals surface area contributed by atoms with Crippen molar-refractivity contribution in [2.45, 2.75) is 10.2 Å². The molecule has 2 atom stereocenters. The van der Waals surface area contributed by atoms with Crippen molar-refractivity contribution in [2.24, 2.45) is 0 Å². The molecular weight excluding hydrogens is 280 g/mol. The molecule has 1 N–H and O–H groups in total. The van der Waals surface area contributed by atoms with Crippen LogP contribution in [0.15, 0.2) is 21.1 Å². The quantitative estimate of drug-likeness (QED) is 0.689. The van der Waals surface area contributed by atoms with Crippen LogP contribution in [0.25, 0.3) is 0 Å². The van der Waals surface area contributed by atoms with Crippen molar-refractivity contribution < 1.29 is 5.11 Å². The summed E-state index contributed by atoms with van der Waals surface area (Å²) in [6, 6.07) is 0. The molecule has 0 bridgehead atoms. The number of hydrogen-bond acceptors (Lipinski definition) is 2. The highest BCUT2D eigenvalue weighted by atomic mass is 79.9. The molecule has 4 heteroatoms. The van der Waals surface area contributed by atoms with E-state index >= 15 is 0 Å². The minimum Gasteiger partial charge on any atom is -0.373 e. The van der Waals surface area contributed by atoms with Gasteiger partial charge in [-0.2, -0.15) is 0 Å². The first kappa shape index (κ1) is 7.40. The summed E-state index contributed by atoms with van der Waals surface area (Å²) in [5, 5.41) is 9.87. The number of fused-ring (bicyclic) bond motifs is 1. The molecule has 1 fully saturated rings. The number of rotatable bonds is 0. The van der Waals surface area contributed by atoms with Gasteiger partial charge in [0.1, 0.15) is 0 Å². The van der Waals surface area contributed by atoms with Gasteiger partial charge in [0.15, 0.2) is 4.93 Å². The van der Waals surface area contributed by atoms with Crippen LogP contribution in [-0.2, 0) is 0 Å². The third-order valence-corrected chi connectivity index (χ3v) is 4.45. The Kier molecular flexibility index (Phi) is 1.57. The van der Waals surface area contributed by atoms with Gasteiger partial charge in [-0.05, 0) is 6.08 Å². The van der Waals surface area contributed by atoms with E-state index < -0.39 is 4.93 Å². The van der Waals surface area contributed by atoms with Crippen LogP contribution in [0.4, 0.5) is 0 Å². The summed E-state index contributed by atoms with van der Waals surface area (Å²) >= 11 is 8.21. The highest BCUT2D eigenvalue weighted by Crippen LogP contribution is 2.61. The monoisotopic (exact) mass is 282 g/mol. The second-order valence-corrected chi connectivity index (χ2v) is 5.41. The molecule has 1 heterocycles. The Balaban J connectivity index is 2.38. The van der Waals surface area contributed by atoms with E-state index in [-0.39, 0.29) is 5.25 Å². The van der Waals surface area contributed by atoms with Crippen molar-refractivity contribution in [1.82, 2.24) is 0 Å². The van der Waals surface area contributed by atoms with Gasteiger partial charge in [-0.25, -0.2) is 0 Å². The van der Waals surface area contributed by atoms with Crippen LogP contribution < -0.4 is 0 Å². The summed E-state index contributed by atoms with van der Waals surface area (Å²) in [5.74, 6) is 0. The molecule has 1 saturated heterocycles. The summed E-state index contributed by atoms with van der Waals surface area (Å²) < 4.78 is 1.91. The van der Waals surface area contributed by atoms with Crippen molar-refractivity contribution in [3.63, 3.8) is 0 Å². The van der Waals surface area contributed by atoms with Crippen LogP contribution >= 0.6 is 43.6 Å². The predicted octanol–water partition coefficient (Wildman–Crippen LogP) is 2.36. The van der Waals surface area contributed by atoms with Gasteiger partial charge in [0.25, 0.3) is 0 Å². The van der Waals surface area contributed by atoms with Gasteiger partial charge in [0.2, 0.25) is 0 Å². The molecule has 0 amide bonds. The van der Waals surface area contributed by atoms with Crippen LogP contribution in [0.2, 0.25) is 0 Å². The SMILES string of the molecule is OC12SC1C=C(Br)C=C2Br. The Labute approximate surface area is 79.8 Å². The fourth-order valence-electron chi connectivity index (χ4n) is 0.916. The van der Waals surface area contributed by atoms with E-state index in [1.807, 2.05) is 12.2 Å². The minimum absolute atomic E-state index is 0.251. The first-order valence-corrected chi connectivity index (χ1v) is 5.25. The Morgan fingerprint density at radius 3 is 2.90 bits per heavy atom. The maximum absolute atomic E-state index is 9.62. The zero-order valence-corrected chi connectivity index (χ0v) is 8.83. The lowest BCUT2D eigenvalue weighted by atomic mass is 10.1. The maximum atomic E-state index is 9.62. The van der Waals surface area contributed by atoms with Crippen LogP contribution in [0.5, 0.6) is 0 Å². The molecule has 1 nitrogen and oxygen atoms in total. The second-order valence-electron chi connectivity index (χ2n) is 2.28. The molecular formula is C6H4Br2OS. The molecule has 1 aliphatic heterocycles. The molecule has 0 aromatic rings. The molecule has 0 aromatic heterocycles. The lowest BCUT2D eigenvalue weighted by molar-refractivity contribution is 0.225. The summed E-state index contributed by atoms with van der Waals surface area (Å²) in [4.78, 5) is -0.628. The Morgan fingerprint density at radius 2 is 2.30 bits per heavy atom. The third kappa shape index (κ3) is 0.932. The fourth-order valence-corrected chi connectivity index (χ4v) is 3.72. The van der Waals surface area contributed by atoms with E-state index in [9.17, 15) is 5.11 Å². The topological polar surface area (TPSA) is 20.2 Å². The highest BCUT2D eigenvalue weighted by molar-refractivity contribution is 9.12. The Hall–Kier alpha value is 0.750. The minimum atomic E-state index is -0.628. The zero-order chi connectivity index (χ0) is 7.35. The van der Waals surface area contributed by atoms with Gasteiger partial charge >= 0.3 is 0 Å². The number of halogens is 2. The van der Waals surface area contributed by atoms with E-state index in [2.05, 4.69) is 31.9 Å². The first-order valence-electron chi connectivity index (χ1n) is 2.78. The van der Waals surface area contributed by atoms with Crippen LogP contribution in [0, 0.1) is 0 Å². The molecule has 1 aliphatic carbocycles. The van der Waals surface area contributed by atoms with Gasteiger partial charge in [-0.3, -0.25) is 0 Å². The lowest BCUT2D eigenvalue weighted by Gasteiger charge is -2.09. The molecule has 2 rings (SSSR count). The number of aliphatic hydroxyl groups is 1. The molecule has 10 heavy (non-hydrogen) atoms. The van der Waals surface area contributed by atoms with Gasteiger partial charge in [-0.15, -0.1) is 11.8 Å². The smallest absolute Gasteiger partial charge is 0.158 e. The lowest BCUT2D eigenvalue weighted by Crippen LogP contribution is -2.14. The average molecular weight is 284 g/mol. The van der Waals surface area contributed by atoms with E-state index in [1.54, 1.807) is 11.8 Å². The molecule has 0 aromatic carbocycles. The standard InChI is InChI=1S/C6H4Br2OS/c7-3-1-4(8)6(9)5(2-3)10-6/h1-2,5,9H. The first-order chi connectivity index (χ1) is 4.63. The highest BCUT2D eigenvalue weighted by Gasteiger charge is 2.56. The summed E-state index contributed by atoms with van der Waals surface area (Å²) in [6.45, 7) is 0. The number of thioether (sulfide) groups is 1. The summed E-state index contributed by atoms with van der Waals surface area (Å²) in [6.07, 6.45) is 3.89. The van der Waals surface area contributed by atoms with Gasteiger partial charge in [0, 0.05) is 8.96 Å². The number of hydrogen-bond donors (Lipinski definition) is 1. The third-order valence-electron chi connectivity index (χ3n) is 1.55. The average Bonchev–Trinajstić information content (AvgIpc) is 2.42. The van der Waals surface area contributed by atoms with Crippen LogP contribution in [0.3, 0.4) is 0 Å². The number of allylic oxidation sites excluding steroid dienone is 2. The molecule has 0 saturated carbocycles. The Morgan fingerprint density at radius 1 is 1.60 bits per heavy atom. The summed E-state index contributed by atoms with van der Waals surface area (Å²) in [7, 11) is 0. The van der Waals surface area contributed by atoms with Gasteiger partial charge in [0.05, 0.1) is 5.25 Å². The van der Waals surface area contributed by atoms with Crippen molar-refractivity contribution in [2.75, 3.05) is 0 Å². The van der Waals surface area contributed by atoms with E-state index in [1.165, 1.54) is 0 Å². The van der Waals surface area contributed by atoms with E-state index in [0.29, 0.717) is 0 Å². The second kappa shape index (κ2) is 2.12. The van der Waals surface area contributed by atoms with Crippen molar-refractivity contribution in [3.8, 4) is 0 Å². The molecule has 2 unspecified atom stereocenters. The van der Waals surface area contributed by atoms with Crippen molar-refractivity contribution in [1.29, 1.82) is 0 Å². The summed E-state index contributed by atoms with van der Waals surface area (Å²) in [5.41, 5.74) is 0. The zero-order valence-electron chi connectivity index (χ0n) is 4.84. The Bertz CT molecular complexity index is 248. The predicted molar refractivity (Wildman–Crippen MR) is 50.3 cm³/mol. The van der Waals surface area contributed by atoms with Crippen LogP contribution in [-0.4, -0.2) is 15.3 Å². The largest absolute Gasteiger partial charge is 0.373 e. The van der Waals surface area contributed by atoms with Gasteiger partial charge in [-0.1, -0.05) is 37.9 Å². The normalized spacial score (nSPS) is 43.7. The molecule has 2 aliphatic rings. The molecule has 0 radical (unpaired) electrons. The van der Waals surface area contributed by atoms with E-state index in [0.717, 1.165) is 8.96 Å². The fraction of sp³-hybridized carbons (Fsp3) is 0.333. The van der Waals surface area contributed by atoms with Crippen molar-refractivity contribution in [3.05, 3.63) is 21.1 Å². The van der Waals surface area contributed by atoms with Crippen molar-refractivity contribution >= 4 is 43.6 Å². The molecule has 0 spiro atoms. The maximum Gasteiger partial charge on any atom is 0.158 e. The van der Waals surface area contributed by atoms with Crippen LogP contribution in [0.1, 0.15) is 0 Å². The van der Waals surface area contributed by atoms with Gasteiger partial charge < -0.3 is 5.11 Å². The molecule has 54 valence electrons.